The Morgan fingerprint density at radius 1 is 1.27 bits per heavy atom. The second-order valence-corrected chi connectivity index (χ2v) is 8.24. The van der Waals surface area contributed by atoms with Crippen LogP contribution in [0.4, 0.5) is 5.13 Å². The van der Waals surface area contributed by atoms with Crippen LogP contribution in [-0.4, -0.2) is 40.8 Å². The summed E-state index contributed by atoms with van der Waals surface area (Å²) in [5, 5.41) is 8.25. The highest BCUT2D eigenvalue weighted by Gasteiger charge is 2.32. The number of furan rings is 1. The molecule has 3 heterocycles. The molecule has 0 saturated carbocycles. The van der Waals surface area contributed by atoms with E-state index in [-0.39, 0.29) is 24.4 Å². The van der Waals surface area contributed by atoms with E-state index in [0.29, 0.717) is 17.4 Å². The number of thiazole rings is 1. The first-order chi connectivity index (χ1) is 14.6. The summed E-state index contributed by atoms with van der Waals surface area (Å²) >= 11 is 1.40. The van der Waals surface area contributed by atoms with E-state index in [1.807, 2.05) is 47.5 Å². The number of nitrogens with zero attached hydrogens (tertiary/aromatic N) is 2. The summed E-state index contributed by atoms with van der Waals surface area (Å²) in [5.74, 6) is 0.469. The molecule has 7 nitrogen and oxygen atoms in total. The third-order valence-corrected chi connectivity index (χ3v) is 5.89. The molecule has 0 spiro atoms. The molecule has 2 aromatic heterocycles. The molecule has 1 fully saturated rings. The van der Waals surface area contributed by atoms with Crippen molar-refractivity contribution in [1.82, 2.24) is 15.2 Å². The molecule has 1 aliphatic rings. The molecule has 156 valence electrons. The predicted octanol–water partition coefficient (Wildman–Crippen LogP) is 3.43. The number of benzene rings is 1. The molecular weight excluding hydrogens is 400 g/mol. The van der Waals surface area contributed by atoms with Crippen LogP contribution in [0, 0.1) is 6.92 Å². The summed E-state index contributed by atoms with van der Waals surface area (Å²) < 4.78 is 5.25. The van der Waals surface area contributed by atoms with Gasteiger partial charge in [-0.1, -0.05) is 29.8 Å². The maximum atomic E-state index is 12.5. The molecule has 8 heteroatoms. The minimum Gasteiger partial charge on any atom is -0.467 e. The zero-order valence-electron chi connectivity index (χ0n) is 16.8. The van der Waals surface area contributed by atoms with Gasteiger partial charge in [0, 0.05) is 10.9 Å². The van der Waals surface area contributed by atoms with Crippen LogP contribution in [0.25, 0.3) is 11.3 Å². The van der Waals surface area contributed by atoms with Crippen molar-refractivity contribution in [1.29, 1.82) is 0 Å². The monoisotopic (exact) mass is 424 g/mol. The van der Waals surface area contributed by atoms with Gasteiger partial charge in [-0.05, 0) is 38.4 Å². The van der Waals surface area contributed by atoms with Gasteiger partial charge in [-0.25, -0.2) is 4.98 Å². The van der Waals surface area contributed by atoms with Gasteiger partial charge in [0.1, 0.15) is 5.76 Å². The first kappa shape index (κ1) is 20.3. The fourth-order valence-corrected chi connectivity index (χ4v) is 4.28. The molecule has 0 radical (unpaired) electrons. The Kier molecular flexibility index (Phi) is 6.25. The third-order valence-electron chi connectivity index (χ3n) is 5.13. The predicted molar refractivity (Wildman–Crippen MR) is 116 cm³/mol. The number of amides is 2. The van der Waals surface area contributed by atoms with Crippen molar-refractivity contribution in [3.05, 3.63) is 59.4 Å². The van der Waals surface area contributed by atoms with Crippen LogP contribution in [0.3, 0.4) is 0 Å². The fraction of sp³-hybridized carbons (Fsp3) is 0.318. The fourth-order valence-electron chi connectivity index (χ4n) is 3.55. The zero-order chi connectivity index (χ0) is 20.9. The van der Waals surface area contributed by atoms with Crippen LogP contribution < -0.4 is 10.6 Å². The minimum atomic E-state index is -0.301. The number of anilines is 1. The maximum absolute atomic E-state index is 12.5. The Balaban J connectivity index is 1.31. The van der Waals surface area contributed by atoms with E-state index in [9.17, 15) is 9.59 Å². The average Bonchev–Trinajstić information content (AvgIpc) is 3.49. The number of hydrogen-bond acceptors (Lipinski definition) is 6. The van der Waals surface area contributed by atoms with Crippen LogP contribution in [-0.2, 0) is 16.1 Å². The van der Waals surface area contributed by atoms with Crippen molar-refractivity contribution in [2.24, 2.45) is 0 Å². The van der Waals surface area contributed by atoms with Crippen LogP contribution in [0.1, 0.15) is 24.2 Å². The van der Waals surface area contributed by atoms with Crippen molar-refractivity contribution in [3.8, 4) is 11.3 Å². The Morgan fingerprint density at radius 3 is 2.87 bits per heavy atom. The van der Waals surface area contributed by atoms with Gasteiger partial charge in [-0.3, -0.25) is 14.5 Å². The lowest BCUT2D eigenvalue weighted by atomic mass is 10.1. The van der Waals surface area contributed by atoms with Gasteiger partial charge >= 0.3 is 0 Å². The normalized spacial score (nSPS) is 16.5. The standard InChI is InChI=1S/C22H24N4O3S/c1-15-6-8-16(9-7-15)18-14-30-22(24-18)25-20(27)13-26-10-2-5-19(26)21(28)23-12-17-4-3-11-29-17/h3-4,6-9,11,14,19H,2,5,10,12-13H2,1H3,(H,23,28)(H,24,25,27). The van der Waals surface area contributed by atoms with Crippen molar-refractivity contribution in [3.63, 3.8) is 0 Å². The summed E-state index contributed by atoms with van der Waals surface area (Å²) in [6.45, 7) is 3.28. The Hall–Kier alpha value is -2.97. The largest absolute Gasteiger partial charge is 0.467 e. The second kappa shape index (κ2) is 9.23. The lowest BCUT2D eigenvalue weighted by molar-refractivity contribution is -0.126. The van der Waals surface area contributed by atoms with E-state index in [1.54, 1.807) is 12.3 Å². The molecular formula is C22H24N4O3S. The number of aromatic nitrogens is 1. The van der Waals surface area contributed by atoms with Gasteiger partial charge in [0.05, 0.1) is 31.1 Å². The molecule has 1 aliphatic heterocycles. The lowest BCUT2D eigenvalue weighted by Gasteiger charge is -2.22. The van der Waals surface area contributed by atoms with E-state index >= 15 is 0 Å². The first-order valence-electron chi connectivity index (χ1n) is 9.95. The number of carbonyl (C=O) groups excluding carboxylic acids is 2. The van der Waals surface area contributed by atoms with Gasteiger partial charge in [-0.15, -0.1) is 11.3 Å². The molecule has 30 heavy (non-hydrogen) atoms. The summed E-state index contributed by atoms with van der Waals surface area (Å²) in [6.07, 6.45) is 3.21. The van der Waals surface area contributed by atoms with E-state index in [2.05, 4.69) is 15.6 Å². The van der Waals surface area contributed by atoms with Crippen molar-refractivity contribution in [2.75, 3.05) is 18.4 Å². The van der Waals surface area contributed by atoms with Crippen molar-refractivity contribution >= 4 is 28.3 Å². The zero-order valence-corrected chi connectivity index (χ0v) is 17.6. The molecule has 1 atom stereocenters. The molecule has 4 rings (SSSR count). The number of likely N-dealkylation sites (tertiary alicyclic amines) is 1. The van der Waals surface area contributed by atoms with Gasteiger partial charge in [0.25, 0.3) is 0 Å². The molecule has 0 bridgehead atoms. The lowest BCUT2D eigenvalue weighted by Crippen LogP contribution is -2.45. The van der Waals surface area contributed by atoms with Crippen LogP contribution in [0.15, 0.2) is 52.5 Å². The average molecular weight is 425 g/mol. The van der Waals surface area contributed by atoms with Crippen LogP contribution in [0.2, 0.25) is 0 Å². The van der Waals surface area contributed by atoms with Crippen molar-refractivity contribution in [2.45, 2.75) is 32.4 Å². The highest BCUT2D eigenvalue weighted by molar-refractivity contribution is 7.14. The molecule has 1 saturated heterocycles. The van der Waals surface area contributed by atoms with Gasteiger partial charge in [0.15, 0.2) is 5.13 Å². The molecule has 2 amide bonds. The SMILES string of the molecule is Cc1ccc(-c2csc(NC(=O)CN3CCCC3C(=O)NCc3ccco3)n2)cc1. The highest BCUT2D eigenvalue weighted by atomic mass is 32.1. The van der Waals surface area contributed by atoms with Gasteiger partial charge < -0.3 is 15.1 Å². The first-order valence-corrected chi connectivity index (χ1v) is 10.8. The van der Waals surface area contributed by atoms with E-state index in [4.69, 9.17) is 4.42 Å². The quantitative estimate of drug-likeness (QED) is 0.607. The summed E-state index contributed by atoms with van der Waals surface area (Å²) in [7, 11) is 0. The number of rotatable bonds is 7. The summed E-state index contributed by atoms with van der Waals surface area (Å²) in [5.41, 5.74) is 3.05. The van der Waals surface area contributed by atoms with Gasteiger partial charge in [-0.2, -0.15) is 0 Å². The summed E-state index contributed by atoms with van der Waals surface area (Å²) in [4.78, 5) is 31.5. The summed E-state index contributed by atoms with van der Waals surface area (Å²) in [6, 6.07) is 11.4. The molecule has 2 N–H and O–H groups in total. The highest BCUT2D eigenvalue weighted by Crippen LogP contribution is 2.25. The topological polar surface area (TPSA) is 87.5 Å². The number of nitrogens with one attached hydrogen (secondary N) is 2. The Morgan fingerprint density at radius 2 is 2.10 bits per heavy atom. The Labute approximate surface area is 179 Å². The Bertz CT molecular complexity index is 998. The molecule has 0 aliphatic carbocycles. The van der Waals surface area contributed by atoms with E-state index in [1.165, 1.54) is 16.9 Å². The minimum absolute atomic E-state index is 0.0763. The third kappa shape index (κ3) is 4.95. The molecule has 1 aromatic carbocycles. The second-order valence-electron chi connectivity index (χ2n) is 7.38. The van der Waals surface area contributed by atoms with Gasteiger partial charge in [0.2, 0.25) is 11.8 Å². The molecule has 1 unspecified atom stereocenters. The number of aryl methyl sites for hydroxylation is 1. The van der Waals surface area contributed by atoms with E-state index < -0.39 is 0 Å². The smallest absolute Gasteiger partial charge is 0.240 e. The number of carbonyl (C=O) groups is 2. The van der Waals surface area contributed by atoms with E-state index in [0.717, 1.165) is 30.6 Å². The van der Waals surface area contributed by atoms with Crippen molar-refractivity contribution < 1.29 is 14.0 Å². The van der Waals surface area contributed by atoms with Crippen LogP contribution >= 0.6 is 11.3 Å². The number of hydrogen-bond donors (Lipinski definition) is 2. The van der Waals surface area contributed by atoms with Crippen LogP contribution in [0.5, 0.6) is 0 Å². The maximum Gasteiger partial charge on any atom is 0.240 e. The molecule has 3 aromatic rings.